The molecule has 1 fully saturated rings. The molecule has 3 heterocycles. The van der Waals surface area contributed by atoms with E-state index >= 15 is 0 Å². The van der Waals surface area contributed by atoms with Gasteiger partial charge in [0.1, 0.15) is 11.5 Å². The third kappa shape index (κ3) is 5.65. The summed E-state index contributed by atoms with van der Waals surface area (Å²) in [6, 6.07) is 2.21. The lowest BCUT2D eigenvalue weighted by atomic mass is 9.88. The number of rotatable bonds is 4. The molecule has 0 spiro atoms. The molecule has 1 amide bonds. The van der Waals surface area contributed by atoms with Crippen LogP contribution in [0.5, 0.6) is 0 Å². The summed E-state index contributed by atoms with van der Waals surface area (Å²) in [4.78, 5) is 20.6. The number of carbonyl (C=O) groups excluding carboxylic acids is 1. The maximum absolute atomic E-state index is 14.3. The van der Waals surface area contributed by atoms with E-state index in [4.69, 9.17) is 5.73 Å². The fourth-order valence-electron chi connectivity index (χ4n) is 3.69. The summed E-state index contributed by atoms with van der Waals surface area (Å²) in [6.45, 7) is 0.114. The Hall–Kier alpha value is -3.19. The van der Waals surface area contributed by atoms with Crippen molar-refractivity contribution in [2.75, 3.05) is 24.1 Å². The topological polar surface area (TPSA) is 84.1 Å². The highest BCUT2D eigenvalue weighted by Gasteiger charge is 2.47. The number of nitrogens with two attached hydrogens (primary N) is 1. The number of carbonyl (C=O) groups is 1. The number of aromatic nitrogens is 2. The number of piperidine rings is 1. The van der Waals surface area contributed by atoms with Crippen LogP contribution in [0.1, 0.15) is 35.1 Å². The van der Waals surface area contributed by atoms with Crippen molar-refractivity contribution in [1.29, 1.82) is 0 Å². The Bertz CT molecular complexity index is 1040. The summed E-state index contributed by atoms with van der Waals surface area (Å²) in [7, 11) is 0. The van der Waals surface area contributed by atoms with Crippen LogP contribution in [0, 0.1) is 5.92 Å². The smallest absolute Gasteiger partial charge is 0.397 e. The molecule has 14 heteroatoms. The van der Waals surface area contributed by atoms with Gasteiger partial charge in [-0.1, -0.05) is 6.92 Å². The van der Waals surface area contributed by atoms with E-state index in [1.807, 2.05) is 0 Å². The van der Waals surface area contributed by atoms with Gasteiger partial charge in [0.05, 0.1) is 23.8 Å². The molecule has 0 saturated carbocycles. The molecule has 2 atom stereocenters. The van der Waals surface area contributed by atoms with Crippen LogP contribution in [0.4, 0.5) is 46.6 Å². The van der Waals surface area contributed by atoms with Crippen molar-refractivity contribution in [2.45, 2.75) is 37.7 Å². The monoisotopic (exact) mass is 497 g/mol. The molecule has 34 heavy (non-hydrogen) atoms. The number of nitrogen functional groups attached to an aromatic ring is 1. The van der Waals surface area contributed by atoms with Gasteiger partial charge in [-0.05, 0) is 30.2 Å². The number of pyridine rings is 2. The van der Waals surface area contributed by atoms with Crippen molar-refractivity contribution in [2.24, 2.45) is 5.92 Å². The lowest BCUT2D eigenvalue weighted by molar-refractivity contribution is -0.141. The normalized spacial score (nSPS) is 20.8. The third-order valence-corrected chi connectivity index (χ3v) is 5.34. The molecule has 0 aliphatic carbocycles. The summed E-state index contributed by atoms with van der Waals surface area (Å²) in [5.74, 6) is -5.39. The van der Waals surface area contributed by atoms with E-state index in [2.05, 4.69) is 15.3 Å². The standard InChI is InChI=1S/C20H19F8N5O/c1-10-6-18(21,22)9-33(17(34)16-12(29)3-4-14(32-16)20(26,27)28)13(10)8-31-15-5-2-11(7-30-15)19(23,24)25/h2-5,7,10,13H,6,8-9,29H2,1H3,(H,30,31). The number of amides is 1. The minimum absolute atomic E-state index is 0.0124. The van der Waals surface area contributed by atoms with Crippen LogP contribution >= 0.6 is 0 Å². The van der Waals surface area contributed by atoms with Gasteiger partial charge in [-0.2, -0.15) is 26.3 Å². The maximum atomic E-state index is 14.3. The van der Waals surface area contributed by atoms with Gasteiger partial charge in [0.2, 0.25) is 0 Å². The van der Waals surface area contributed by atoms with Crippen molar-refractivity contribution >= 4 is 17.4 Å². The lowest BCUT2D eigenvalue weighted by Crippen LogP contribution is -2.57. The molecule has 2 aromatic heterocycles. The van der Waals surface area contributed by atoms with E-state index in [0.717, 1.165) is 18.2 Å². The molecule has 0 aromatic carbocycles. The number of likely N-dealkylation sites (tertiary alicyclic amines) is 1. The Morgan fingerprint density at radius 3 is 2.38 bits per heavy atom. The second kappa shape index (κ2) is 8.87. The highest BCUT2D eigenvalue weighted by molar-refractivity contribution is 5.97. The van der Waals surface area contributed by atoms with Crippen molar-refractivity contribution < 1.29 is 39.9 Å². The van der Waals surface area contributed by atoms with Gasteiger partial charge in [-0.3, -0.25) is 4.79 Å². The first-order valence-corrected chi connectivity index (χ1v) is 9.88. The number of hydrogen-bond acceptors (Lipinski definition) is 5. The van der Waals surface area contributed by atoms with Gasteiger partial charge in [0, 0.05) is 19.2 Å². The Morgan fingerprint density at radius 1 is 1.15 bits per heavy atom. The van der Waals surface area contributed by atoms with E-state index in [0.29, 0.717) is 17.2 Å². The van der Waals surface area contributed by atoms with Gasteiger partial charge < -0.3 is 16.0 Å². The molecule has 1 saturated heterocycles. The minimum atomic E-state index is -4.89. The zero-order chi connectivity index (χ0) is 25.5. The highest BCUT2D eigenvalue weighted by Crippen LogP contribution is 2.36. The Morgan fingerprint density at radius 2 is 1.82 bits per heavy atom. The van der Waals surface area contributed by atoms with Gasteiger partial charge in [-0.25, -0.2) is 18.7 Å². The molecule has 3 rings (SSSR count). The number of nitrogens with one attached hydrogen (secondary N) is 1. The first-order valence-electron chi connectivity index (χ1n) is 9.88. The first kappa shape index (κ1) is 25.4. The van der Waals surface area contributed by atoms with Crippen molar-refractivity contribution in [3.63, 3.8) is 0 Å². The third-order valence-electron chi connectivity index (χ3n) is 5.34. The lowest BCUT2D eigenvalue weighted by Gasteiger charge is -2.43. The second-order valence-corrected chi connectivity index (χ2v) is 7.98. The van der Waals surface area contributed by atoms with Gasteiger partial charge >= 0.3 is 12.4 Å². The van der Waals surface area contributed by atoms with Gasteiger partial charge in [0.25, 0.3) is 11.8 Å². The zero-order valence-electron chi connectivity index (χ0n) is 17.5. The summed E-state index contributed by atoms with van der Waals surface area (Å²) in [6.07, 6.45) is -9.53. The van der Waals surface area contributed by atoms with E-state index in [1.54, 1.807) is 0 Å². The van der Waals surface area contributed by atoms with Crippen molar-refractivity contribution in [3.05, 3.63) is 47.4 Å². The van der Waals surface area contributed by atoms with E-state index in [-0.39, 0.29) is 12.4 Å². The van der Waals surface area contributed by atoms with Gasteiger partial charge in [0.15, 0.2) is 5.69 Å². The average Bonchev–Trinajstić information content (AvgIpc) is 2.70. The maximum Gasteiger partial charge on any atom is 0.433 e. The first-order chi connectivity index (χ1) is 15.6. The molecule has 0 bridgehead atoms. The van der Waals surface area contributed by atoms with Gasteiger partial charge in [-0.15, -0.1) is 0 Å². The summed E-state index contributed by atoms with van der Waals surface area (Å²) in [5.41, 5.74) is 1.97. The van der Waals surface area contributed by atoms with E-state index in [1.165, 1.54) is 6.92 Å². The highest BCUT2D eigenvalue weighted by atomic mass is 19.4. The largest absolute Gasteiger partial charge is 0.433 e. The van der Waals surface area contributed by atoms with Crippen molar-refractivity contribution in [3.8, 4) is 0 Å². The van der Waals surface area contributed by atoms with Crippen molar-refractivity contribution in [1.82, 2.24) is 14.9 Å². The van der Waals surface area contributed by atoms with Crippen LogP contribution in [0.15, 0.2) is 30.5 Å². The zero-order valence-corrected chi connectivity index (χ0v) is 17.5. The minimum Gasteiger partial charge on any atom is -0.397 e. The van der Waals surface area contributed by atoms with Crippen LogP contribution in [-0.2, 0) is 12.4 Å². The van der Waals surface area contributed by atoms with Crippen LogP contribution in [0.3, 0.4) is 0 Å². The quantitative estimate of drug-likeness (QED) is 0.599. The summed E-state index contributed by atoms with van der Waals surface area (Å²) < 4.78 is 106. The molecule has 0 radical (unpaired) electrons. The number of anilines is 2. The Balaban J connectivity index is 1.87. The molecular formula is C20H19F8N5O. The van der Waals surface area contributed by atoms with Crippen LogP contribution < -0.4 is 11.1 Å². The molecule has 1 aliphatic rings. The molecule has 186 valence electrons. The fourth-order valence-corrected chi connectivity index (χ4v) is 3.69. The Kier molecular flexibility index (Phi) is 6.64. The van der Waals surface area contributed by atoms with Crippen LogP contribution in [0.25, 0.3) is 0 Å². The second-order valence-electron chi connectivity index (χ2n) is 7.98. The molecule has 6 nitrogen and oxygen atoms in total. The molecule has 3 N–H and O–H groups in total. The molecular weight excluding hydrogens is 478 g/mol. The number of hydrogen-bond donors (Lipinski definition) is 2. The van der Waals surface area contributed by atoms with E-state index in [9.17, 15) is 39.9 Å². The SMILES string of the molecule is CC1CC(F)(F)CN(C(=O)c2nc(C(F)(F)F)ccc2N)C1CNc1ccc(C(F)(F)F)cn1. The summed E-state index contributed by atoms with van der Waals surface area (Å²) >= 11 is 0. The molecule has 2 unspecified atom stereocenters. The summed E-state index contributed by atoms with van der Waals surface area (Å²) in [5, 5.41) is 2.69. The van der Waals surface area contributed by atoms with E-state index < -0.39 is 71.7 Å². The number of halogens is 8. The number of nitrogens with zero attached hydrogens (tertiary/aromatic N) is 3. The fraction of sp³-hybridized carbons (Fsp3) is 0.450. The molecule has 1 aliphatic heterocycles. The Labute approximate surface area is 188 Å². The average molecular weight is 497 g/mol. The molecule has 2 aromatic rings. The van der Waals surface area contributed by atoms with Crippen LogP contribution in [0.2, 0.25) is 0 Å². The predicted octanol–water partition coefficient (Wildman–Crippen LogP) is 4.69. The number of alkyl halides is 8. The van der Waals surface area contributed by atoms with Crippen LogP contribution in [-0.4, -0.2) is 45.8 Å². The predicted molar refractivity (Wildman–Crippen MR) is 105 cm³/mol.